The van der Waals surface area contributed by atoms with E-state index in [0.717, 1.165) is 30.2 Å². The number of carbonyl (C=O) groups is 2. The van der Waals surface area contributed by atoms with E-state index < -0.39 is 5.97 Å². The molecule has 1 aliphatic heterocycles. The first-order valence-electron chi connectivity index (χ1n) is 5.32. The van der Waals surface area contributed by atoms with Gasteiger partial charge in [-0.25, -0.2) is 4.79 Å². The summed E-state index contributed by atoms with van der Waals surface area (Å²) in [4.78, 5) is 25.4. The molecule has 1 atom stereocenters. The number of aromatic carboxylic acids is 1. The van der Waals surface area contributed by atoms with Crippen LogP contribution in [0.15, 0.2) is 12.1 Å². The maximum atomic E-state index is 12.1. The standard InChI is InChI=1S/C11H13NO3S2/c1-7-6-12(4-5-16-7)10(13)8-2-3-9(17-8)11(14)15/h2-3,7H,4-6H2,1H3,(H,14,15). The highest BCUT2D eigenvalue weighted by molar-refractivity contribution is 7.99. The monoisotopic (exact) mass is 271 g/mol. The Morgan fingerprint density at radius 3 is 2.71 bits per heavy atom. The van der Waals surface area contributed by atoms with Crippen LogP contribution in [-0.4, -0.2) is 46.0 Å². The van der Waals surface area contributed by atoms with Gasteiger partial charge < -0.3 is 10.0 Å². The lowest BCUT2D eigenvalue weighted by molar-refractivity contribution is 0.0701. The van der Waals surface area contributed by atoms with Crippen molar-refractivity contribution in [2.75, 3.05) is 18.8 Å². The molecule has 1 aromatic heterocycles. The van der Waals surface area contributed by atoms with Gasteiger partial charge in [0.1, 0.15) is 4.88 Å². The van der Waals surface area contributed by atoms with E-state index in [-0.39, 0.29) is 10.8 Å². The van der Waals surface area contributed by atoms with Crippen molar-refractivity contribution in [1.82, 2.24) is 4.90 Å². The van der Waals surface area contributed by atoms with E-state index >= 15 is 0 Å². The fourth-order valence-electron chi connectivity index (χ4n) is 1.73. The molecule has 4 nitrogen and oxygen atoms in total. The third-order valence-corrected chi connectivity index (χ3v) is 4.75. The Morgan fingerprint density at radius 2 is 2.12 bits per heavy atom. The van der Waals surface area contributed by atoms with Crippen molar-refractivity contribution >= 4 is 35.0 Å². The zero-order valence-corrected chi connectivity index (χ0v) is 11.0. The summed E-state index contributed by atoms with van der Waals surface area (Å²) in [5, 5.41) is 9.27. The third kappa shape index (κ3) is 2.81. The average molecular weight is 271 g/mol. The molecule has 1 amide bonds. The van der Waals surface area contributed by atoms with E-state index in [1.165, 1.54) is 6.07 Å². The SMILES string of the molecule is CC1CN(C(=O)c2ccc(C(=O)O)s2)CCS1. The van der Waals surface area contributed by atoms with Crippen LogP contribution in [0.2, 0.25) is 0 Å². The molecule has 0 saturated carbocycles. The number of carboxylic acid groups (broad SMARTS) is 1. The largest absolute Gasteiger partial charge is 0.477 e. The van der Waals surface area contributed by atoms with Gasteiger partial charge in [0.05, 0.1) is 4.88 Å². The van der Waals surface area contributed by atoms with Crippen LogP contribution in [0.25, 0.3) is 0 Å². The van der Waals surface area contributed by atoms with Gasteiger partial charge in [0, 0.05) is 24.1 Å². The third-order valence-electron chi connectivity index (χ3n) is 2.56. The van der Waals surface area contributed by atoms with Crippen molar-refractivity contribution in [3.63, 3.8) is 0 Å². The Hall–Kier alpha value is -1.01. The second-order valence-electron chi connectivity index (χ2n) is 3.90. The summed E-state index contributed by atoms with van der Waals surface area (Å²) in [6.07, 6.45) is 0. The van der Waals surface area contributed by atoms with Gasteiger partial charge in [0.25, 0.3) is 5.91 Å². The van der Waals surface area contributed by atoms with E-state index in [4.69, 9.17) is 5.11 Å². The average Bonchev–Trinajstić information content (AvgIpc) is 2.77. The summed E-state index contributed by atoms with van der Waals surface area (Å²) in [6, 6.07) is 3.09. The Kier molecular flexibility index (Phi) is 3.73. The molecule has 1 unspecified atom stereocenters. The van der Waals surface area contributed by atoms with Gasteiger partial charge in [-0.2, -0.15) is 11.8 Å². The van der Waals surface area contributed by atoms with E-state index in [0.29, 0.717) is 10.1 Å². The minimum absolute atomic E-state index is 0.0466. The molecule has 1 aromatic rings. The quantitative estimate of drug-likeness (QED) is 0.894. The summed E-state index contributed by atoms with van der Waals surface area (Å²) < 4.78 is 0. The molecule has 6 heteroatoms. The molecular formula is C11H13NO3S2. The molecule has 1 N–H and O–H groups in total. The summed E-state index contributed by atoms with van der Waals surface area (Å²) in [5.41, 5.74) is 0. The van der Waals surface area contributed by atoms with Crippen molar-refractivity contribution in [3.05, 3.63) is 21.9 Å². The van der Waals surface area contributed by atoms with Crippen molar-refractivity contribution < 1.29 is 14.7 Å². The van der Waals surface area contributed by atoms with Gasteiger partial charge in [-0.15, -0.1) is 11.3 Å². The second kappa shape index (κ2) is 5.10. The molecule has 2 rings (SSSR count). The Balaban J connectivity index is 2.10. The van der Waals surface area contributed by atoms with Gasteiger partial charge in [0.15, 0.2) is 0 Å². The molecule has 17 heavy (non-hydrogen) atoms. The number of carboxylic acids is 1. The fourth-order valence-corrected chi connectivity index (χ4v) is 3.55. The Bertz CT molecular complexity index is 444. The smallest absolute Gasteiger partial charge is 0.345 e. The minimum atomic E-state index is -0.975. The summed E-state index contributed by atoms with van der Waals surface area (Å²) in [7, 11) is 0. The topological polar surface area (TPSA) is 57.6 Å². The van der Waals surface area contributed by atoms with Crippen LogP contribution in [0.4, 0.5) is 0 Å². The lowest BCUT2D eigenvalue weighted by Crippen LogP contribution is -2.40. The van der Waals surface area contributed by atoms with Crippen molar-refractivity contribution in [3.8, 4) is 0 Å². The molecule has 1 saturated heterocycles. The second-order valence-corrected chi connectivity index (χ2v) is 6.53. The number of nitrogens with zero attached hydrogens (tertiary/aromatic N) is 1. The van der Waals surface area contributed by atoms with Crippen LogP contribution in [0.1, 0.15) is 26.3 Å². The van der Waals surface area contributed by atoms with Crippen LogP contribution >= 0.6 is 23.1 Å². The number of thioether (sulfide) groups is 1. The number of hydrogen-bond donors (Lipinski definition) is 1. The lowest BCUT2D eigenvalue weighted by atomic mass is 10.3. The first-order chi connectivity index (χ1) is 8.08. The molecule has 0 aromatic carbocycles. The molecule has 0 bridgehead atoms. The summed E-state index contributed by atoms with van der Waals surface area (Å²) >= 11 is 2.91. The van der Waals surface area contributed by atoms with Crippen molar-refractivity contribution in [2.45, 2.75) is 12.2 Å². The van der Waals surface area contributed by atoms with E-state index in [2.05, 4.69) is 6.92 Å². The molecule has 0 aliphatic carbocycles. The van der Waals surface area contributed by atoms with Gasteiger partial charge in [-0.05, 0) is 12.1 Å². The summed E-state index contributed by atoms with van der Waals surface area (Å²) in [5.74, 6) is -0.0735. The Morgan fingerprint density at radius 1 is 1.41 bits per heavy atom. The zero-order valence-electron chi connectivity index (χ0n) is 9.38. The molecule has 1 fully saturated rings. The van der Waals surface area contributed by atoms with Crippen molar-refractivity contribution in [1.29, 1.82) is 0 Å². The highest BCUT2D eigenvalue weighted by Gasteiger charge is 2.24. The van der Waals surface area contributed by atoms with Gasteiger partial charge in [-0.1, -0.05) is 6.92 Å². The number of rotatable bonds is 2. The molecule has 0 radical (unpaired) electrons. The van der Waals surface area contributed by atoms with Crippen LogP contribution in [-0.2, 0) is 0 Å². The molecular weight excluding hydrogens is 258 g/mol. The summed E-state index contributed by atoms with van der Waals surface area (Å²) in [6.45, 7) is 3.58. The van der Waals surface area contributed by atoms with E-state index in [9.17, 15) is 9.59 Å². The molecule has 92 valence electrons. The van der Waals surface area contributed by atoms with Gasteiger partial charge in [-0.3, -0.25) is 4.79 Å². The number of amides is 1. The lowest BCUT2D eigenvalue weighted by Gasteiger charge is -2.30. The van der Waals surface area contributed by atoms with Crippen molar-refractivity contribution in [2.24, 2.45) is 0 Å². The van der Waals surface area contributed by atoms with Crippen LogP contribution in [0, 0.1) is 0 Å². The number of hydrogen-bond acceptors (Lipinski definition) is 4. The van der Waals surface area contributed by atoms with Crippen LogP contribution < -0.4 is 0 Å². The zero-order chi connectivity index (χ0) is 12.4. The maximum absolute atomic E-state index is 12.1. The fraction of sp³-hybridized carbons (Fsp3) is 0.455. The predicted octanol–water partition coefficient (Wildman–Crippen LogP) is 2.02. The van der Waals surface area contributed by atoms with Gasteiger partial charge >= 0.3 is 5.97 Å². The predicted molar refractivity (Wildman–Crippen MR) is 69.1 cm³/mol. The van der Waals surface area contributed by atoms with Crippen LogP contribution in [0.5, 0.6) is 0 Å². The number of thiophene rings is 1. The highest BCUT2D eigenvalue weighted by Crippen LogP contribution is 2.23. The molecule has 2 heterocycles. The molecule has 1 aliphatic rings. The first-order valence-corrected chi connectivity index (χ1v) is 7.18. The highest BCUT2D eigenvalue weighted by atomic mass is 32.2. The Labute approximate surface area is 108 Å². The van der Waals surface area contributed by atoms with Crippen LogP contribution in [0.3, 0.4) is 0 Å². The van der Waals surface area contributed by atoms with E-state index in [1.807, 2.05) is 11.8 Å². The normalized spacial score (nSPS) is 20.3. The van der Waals surface area contributed by atoms with Gasteiger partial charge in [0.2, 0.25) is 0 Å². The minimum Gasteiger partial charge on any atom is -0.477 e. The number of carbonyl (C=O) groups excluding carboxylic acids is 1. The first kappa shape index (κ1) is 12.4. The maximum Gasteiger partial charge on any atom is 0.345 e. The van der Waals surface area contributed by atoms with E-state index in [1.54, 1.807) is 11.0 Å². The molecule has 0 spiro atoms.